The van der Waals surface area contributed by atoms with E-state index in [-0.39, 0.29) is 22.9 Å². The molecule has 0 aromatic heterocycles. The number of phenols is 2. The topological polar surface area (TPSA) is 113 Å². The minimum atomic E-state index is -3.82. The maximum Gasteiger partial charge on any atom is 0.238 e. The van der Waals surface area contributed by atoms with Crippen molar-refractivity contribution < 1.29 is 18.6 Å². The molecule has 2 aromatic rings. The fourth-order valence-electron chi connectivity index (χ4n) is 1.71. The zero-order valence-electron chi connectivity index (χ0n) is 10.7. The van der Waals surface area contributed by atoms with Crippen LogP contribution in [0, 0.1) is 0 Å². The van der Waals surface area contributed by atoms with Crippen LogP contribution in [-0.4, -0.2) is 18.6 Å². The lowest BCUT2D eigenvalue weighted by molar-refractivity contribution is 0.446. The number of anilines is 1. The van der Waals surface area contributed by atoms with Crippen LogP contribution in [0.4, 0.5) is 5.69 Å². The molecule has 5 N–H and O–H groups in total. The second kappa shape index (κ2) is 5.80. The number of nitrogens with one attached hydrogen (secondary N) is 1. The maximum absolute atomic E-state index is 11.3. The van der Waals surface area contributed by atoms with Crippen LogP contribution in [0.15, 0.2) is 41.3 Å². The average Bonchev–Trinajstić information content (AvgIpc) is 2.38. The van der Waals surface area contributed by atoms with Gasteiger partial charge in [-0.1, -0.05) is 11.6 Å². The van der Waals surface area contributed by atoms with Gasteiger partial charge in [0.05, 0.1) is 15.6 Å². The molecule has 112 valence electrons. The first-order valence-electron chi connectivity index (χ1n) is 5.84. The summed E-state index contributed by atoms with van der Waals surface area (Å²) in [6.45, 7) is 0.194. The summed E-state index contributed by atoms with van der Waals surface area (Å²) in [6, 6.07) is 8.21. The summed E-state index contributed by atoms with van der Waals surface area (Å²) in [5.74, 6) is -0.133. The zero-order valence-corrected chi connectivity index (χ0v) is 12.3. The van der Waals surface area contributed by atoms with Crippen molar-refractivity contribution in [2.24, 2.45) is 5.14 Å². The first kappa shape index (κ1) is 15.4. The Morgan fingerprint density at radius 3 is 2.48 bits per heavy atom. The number of sulfonamides is 1. The number of rotatable bonds is 4. The van der Waals surface area contributed by atoms with Crippen molar-refractivity contribution in [3.05, 3.63) is 47.0 Å². The van der Waals surface area contributed by atoms with E-state index >= 15 is 0 Å². The molecule has 8 heteroatoms. The number of aromatic hydroxyl groups is 2. The molecule has 0 amide bonds. The predicted molar refractivity (Wildman–Crippen MR) is 79.9 cm³/mol. The van der Waals surface area contributed by atoms with Crippen LogP contribution in [0.3, 0.4) is 0 Å². The van der Waals surface area contributed by atoms with Crippen LogP contribution in [0.1, 0.15) is 5.56 Å². The zero-order chi connectivity index (χ0) is 15.6. The highest BCUT2D eigenvalue weighted by atomic mass is 35.5. The largest absolute Gasteiger partial charge is 0.508 e. The van der Waals surface area contributed by atoms with E-state index in [0.29, 0.717) is 16.3 Å². The van der Waals surface area contributed by atoms with E-state index in [9.17, 15) is 18.6 Å². The summed E-state index contributed by atoms with van der Waals surface area (Å²) in [5.41, 5.74) is 0.889. The average molecular weight is 329 g/mol. The quantitative estimate of drug-likeness (QED) is 0.685. The van der Waals surface area contributed by atoms with E-state index in [2.05, 4.69) is 5.32 Å². The Labute approximate surface area is 126 Å². The van der Waals surface area contributed by atoms with Crippen molar-refractivity contribution in [2.45, 2.75) is 11.4 Å². The fourth-order valence-corrected chi connectivity index (χ4v) is 2.43. The van der Waals surface area contributed by atoms with Gasteiger partial charge in [-0.25, -0.2) is 13.6 Å². The van der Waals surface area contributed by atoms with Gasteiger partial charge in [-0.05, 0) is 30.3 Å². The molecular formula is C13H13ClN2O4S. The number of halogens is 1. The molecule has 0 radical (unpaired) electrons. The lowest BCUT2D eigenvalue weighted by Gasteiger charge is -2.11. The summed E-state index contributed by atoms with van der Waals surface area (Å²) in [5, 5.41) is 27.2. The van der Waals surface area contributed by atoms with Gasteiger partial charge in [-0.3, -0.25) is 0 Å². The van der Waals surface area contributed by atoms with Crippen LogP contribution in [-0.2, 0) is 16.6 Å². The van der Waals surface area contributed by atoms with Crippen molar-refractivity contribution in [1.29, 1.82) is 0 Å². The number of hydrogen-bond acceptors (Lipinski definition) is 5. The molecule has 6 nitrogen and oxygen atoms in total. The highest BCUT2D eigenvalue weighted by Crippen LogP contribution is 2.27. The van der Waals surface area contributed by atoms with Crippen LogP contribution in [0.25, 0.3) is 0 Å². The normalized spacial score (nSPS) is 11.3. The first-order chi connectivity index (χ1) is 9.77. The summed E-state index contributed by atoms with van der Waals surface area (Å²) >= 11 is 5.98. The summed E-state index contributed by atoms with van der Waals surface area (Å²) in [4.78, 5) is -0.0654. The van der Waals surface area contributed by atoms with Gasteiger partial charge < -0.3 is 15.5 Å². The van der Waals surface area contributed by atoms with Crippen LogP contribution in [0.5, 0.6) is 11.5 Å². The Balaban J connectivity index is 2.23. The fraction of sp³-hybridized carbons (Fsp3) is 0.0769. The van der Waals surface area contributed by atoms with Gasteiger partial charge in [0.25, 0.3) is 0 Å². The van der Waals surface area contributed by atoms with Crippen LogP contribution >= 0.6 is 11.6 Å². The highest BCUT2D eigenvalue weighted by molar-refractivity contribution is 7.89. The lowest BCUT2D eigenvalue weighted by atomic mass is 10.2. The van der Waals surface area contributed by atoms with Gasteiger partial charge in [0, 0.05) is 18.2 Å². The molecule has 0 aliphatic carbocycles. The van der Waals surface area contributed by atoms with E-state index in [4.69, 9.17) is 16.7 Å². The monoisotopic (exact) mass is 328 g/mol. The molecule has 0 fully saturated rings. The molecule has 0 bridgehead atoms. The van der Waals surface area contributed by atoms with E-state index in [0.717, 1.165) is 0 Å². The first-order valence-corrected chi connectivity index (χ1v) is 7.77. The minimum Gasteiger partial charge on any atom is -0.508 e. The molecule has 0 atom stereocenters. The Bertz CT molecular complexity index is 778. The summed E-state index contributed by atoms with van der Waals surface area (Å²) < 4.78 is 22.6. The van der Waals surface area contributed by atoms with Gasteiger partial charge in [0.1, 0.15) is 11.5 Å². The smallest absolute Gasteiger partial charge is 0.238 e. The van der Waals surface area contributed by atoms with Gasteiger partial charge in [0.2, 0.25) is 10.0 Å². The molecule has 0 saturated carbocycles. The Hall–Kier alpha value is -1.96. The molecule has 0 aliphatic heterocycles. The molecule has 0 spiro atoms. The molecule has 0 unspecified atom stereocenters. The second-order valence-corrected chi connectivity index (χ2v) is 6.32. The van der Waals surface area contributed by atoms with E-state index in [1.54, 1.807) is 0 Å². The number of primary sulfonamides is 1. The molecule has 2 rings (SSSR count). The van der Waals surface area contributed by atoms with Crippen molar-refractivity contribution in [3.8, 4) is 11.5 Å². The van der Waals surface area contributed by atoms with Gasteiger partial charge in [-0.2, -0.15) is 0 Å². The molecule has 0 aliphatic rings. The Kier molecular flexibility index (Phi) is 4.26. The molecular weight excluding hydrogens is 316 g/mol. The number of nitrogens with two attached hydrogens (primary N) is 1. The van der Waals surface area contributed by atoms with Crippen LogP contribution < -0.4 is 10.5 Å². The number of hydrogen-bond donors (Lipinski definition) is 4. The van der Waals surface area contributed by atoms with E-state index in [1.807, 2.05) is 0 Å². The van der Waals surface area contributed by atoms with Crippen molar-refractivity contribution in [3.63, 3.8) is 0 Å². The van der Waals surface area contributed by atoms with Crippen molar-refractivity contribution in [1.82, 2.24) is 0 Å². The second-order valence-electron chi connectivity index (χ2n) is 4.35. The van der Waals surface area contributed by atoms with E-state index < -0.39 is 10.0 Å². The number of phenolic OH excluding ortho intramolecular Hbond substituents is 2. The van der Waals surface area contributed by atoms with Gasteiger partial charge in [0.15, 0.2) is 0 Å². The predicted octanol–water partition coefficient (Wildman–Crippen LogP) is 2.01. The van der Waals surface area contributed by atoms with Gasteiger partial charge in [-0.15, -0.1) is 0 Å². The molecule has 21 heavy (non-hydrogen) atoms. The highest BCUT2D eigenvalue weighted by Gasteiger charge is 2.11. The summed E-state index contributed by atoms with van der Waals surface area (Å²) in [7, 11) is -3.82. The minimum absolute atomic E-state index is 0.0505. The number of benzene rings is 2. The van der Waals surface area contributed by atoms with Gasteiger partial charge >= 0.3 is 0 Å². The third-order valence-electron chi connectivity index (χ3n) is 2.80. The van der Waals surface area contributed by atoms with Crippen molar-refractivity contribution in [2.75, 3.05) is 5.32 Å². The third-order valence-corrected chi connectivity index (χ3v) is 4.05. The summed E-state index contributed by atoms with van der Waals surface area (Å²) in [6.07, 6.45) is 0. The Morgan fingerprint density at radius 2 is 1.86 bits per heavy atom. The van der Waals surface area contributed by atoms with E-state index in [1.165, 1.54) is 36.4 Å². The molecule has 0 heterocycles. The third kappa shape index (κ3) is 3.78. The Morgan fingerprint density at radius 1 is 1.14 bits per heavy atom. The standard InChI is InChI=1S/C13H13ClN2O4S/c14-11-4-3-10(21(15,19)20)6-12(11)16-7-8-1-2-9(17)5-13(8)18/h1-6,16-18H,7H2,(H2,15,19,20). The molecule has 2 aromatic carbocycles. The SMILES string of the molecule is NS(=O)(=O)c1ccc(Cl)c(NCc2ccc(O)cc2O)c1. The lowest BCUT2D eigenvalue weighted by Crippen LogP contribution is -2.12. The molecule has 0 saturated heterocycles. The van der Waals surface area contributed by atoms with Crippen LogP contribution in [0.2, 0.25) is 5.02 Å². The van der Waals surface area contributed by atoms with Crippen molar-refractivity contribution >= 4 is 27.3 Å². The maximum atomic E-state index is 11.3.